The lowest BCUT2D eigenvalue weighted by molar-refractivity contribution is -0.682. The van der Waals surface area contributed by atoms with Crippen LogP contribution in [0.3, 0.4) is 0 Å². The van der Waals surface area contributed by atoms with Crippen LogP contribution in [-0.2, 0) is 0 Å². The molecule has 0 radical (unpaired) electrons. The highest BCUT2D eigenvalue weighted by molar-refractivity contribution is 5.71. The number of nitrogens with zero attached hydrogens (tertiary/aromatic N) is 1. The number of hydrogen-bond donors (Lipinski definition) is 2. The number of guanidine groups is 1. The monoisotopic (exact) mass is 99.0 g/mol. The number of nitrogens with one attached hydrogen (secondary N) is 1. The van der Waals surface area contributed by atoms with Crippen LogP contribution in [0.15, 0.2) is 17.4 Å². The minimum atomic E-state index is -0.194. The highest BCUT2D eigenvalue weighted by Gasteiger charge is 2.01. The number of quaternary nitrogens is 1. The van der Waals surface area contributed by atoms with E-state index in [1.54, 1.807) is 0 Å². The zero-order valence-corrected chi connectivity index (χ0v) is 3.59. The summed E-state index contributed by atoms with van der Waals surface area (Å²) in [6, 6.07) is 0. The Bertz CT molecular complexity index is 128. The Morgan fingerprint density at radius 2 is 2.57 bits per heavy atom. The first-order valence-corrected chi connectivity index (χ1v) is 1.85. The van der Waals surface area contributed by atoms with Crippen molar-refractivity contribution in [2.75, 3.05) is 0 Å². The van der Waals surface area contributed by atoms with E-state index in [-0.39, 0.29) is 11.0 Å². The summed E-state index contributed by atoms with van der Waals surface area (Å²) in [4.78, 5) is 3.48. The summed E-state index contributed by atoms with van der Waals surface area (Å²) in [6.07, 6.45) is 2.72. The molecule has 0 saturated carbocycles. The van der Waals surface area contributed by atoms with Gasteiger partial charge in [-0.2, -0.15) is 4.99 Å². The summed E-state index contributed by atoms with van der Waals surface area (Å²) in [7, 11) is 0. The Balaban J connectivity index is 2.69. The standard InChI is InChI=1S/C3H5N3O/c4-3-5-1-2-6(3)7/h1-2,6H,(H2,4,5). The molecule has 4 nitrogen and oxygen atoms in total. The third kappa shape index (κ3) is 0.603. The van der Waals surface area contributed by atoms with Crippen molar-refractivity contribution in [2.45, 2.75) is 0 Å². The normalized spacial score (nSPS) is 28.1. The number of hydrogen-bond acceptors (Lipinski definition) is 3. The van der Waals surface area contributed by atoms with E-state index in [1.807, 2.05) is 0 Å². The summed E-state index contributed by atoms with van der Waals surface area (Å²) in [5, 5.41) is 10.0. The maximum atomic E-state index is 10.2. The Kier molecular flexibility index (Phi) is 0.812. The van der Waals surface area contributed by atoms with Gasteiger partial charge in [0.25, 0.3) is 0 Å². The van der Waals surface area contributed by atoms with E-state index in [0.29, 0.717) is 0 Å². The van der Waals surface area contributed by atoms with Crippen LogP contribution in [0.25, 0.3) is 0 Å². The van der Waals surface area contributed by atoms with Crippen molar-refractivity contribution in [1.82, 2.24) is 0 Å². The molecule has 0 aliphatic carbocycles. The highest BCUT2D eigenvalue weighted by Crippen LogP contribution is 1.71. The van der Waals surface area contributed by atoms with Gasteiger partial charge in [0.1, 0.15) is 6.20 Å². The molecule has 0 bridgehead atoms. The van der Waals surface area contributed by atoms with E-state index < -0.39 is 0 Å². The summed E-state index contributed by atoms with van der Waals surface area (Å²) in [5.74, 6) is 0.0833. The molecule has 1 heterocycles. The van der Waals surface area contributed by atoms with E-state index in [0.717, 1.165) is 0 Å². The molecule has 0 saturated heterocycles. The molecule has 0 amide bonds. The molecule has 1 unspecified atom stereocenters. The van der Waals surface area contributed by atoms with Gasteiger partial charge in [-0.1, -0.05) is 0 Å². The molecule has 38 valence electrons. The molecule has 3 N–H and O–H groups in total. The SMILES string of the molecule is NC1=NC=C[NH+]1[O-]. The topological polar surface area (TPSA) is 65.9 Å². The summed E-state index contributed by atoms with van der Waals surface area (Å²) in [6.45, 7) is 0. The van der Waals surface area contributed by atoms with Gasteiger partial charge in [0.2, 0.25) is 0 Å². The molecular weight excluding hydrogens is 94.1 g/mol. The lowest BCUT2D eigenvalue weighted by atomic mass is 10.9. The Morgan fingerprint density at radius 1 is 1.86 bits per heavy atom. The minimum Gasteiger partial charge on any atom is -0.621 e. The van der Waals surface area contributed by atoms with Crippen LogP contribution in [0, 0.1) is 5.21 Å². The van der Waals surface area contributed by atoms with Gasteiger partial charge in [-0.25, -0.2) is 0 Å². The fourth-order valence-corrected chi connectivity index (χ4v) is 0.334. The molecule has 1 atom stereocenters. The third-order valence-electron chi connectivity index (χ3n) is 0.692. The van der Waals surface area contributed by atoms with E-state index in [1.165, 1.54) is 12.4 Å². The van der Waals surface area contributed by atoms with E-state index in [4.69, 9.17) is 5.73 Å². The van der Waals surface area contributed by atoms with Crippen molar-refractivity contribution in [1.29, 1.82) is 0 Å². The van der Waals surface area contributed by atoms with Crippen LogP contribution in [0.1, 0.15) is 0 Å². The van der Waals surface area contributed by atoms with Gasteiger partial charge >= 0.3 is 5.96 Å². The molecule has 1 aliphatic rings. The minimum absolute atomic E-state index is 0.0833. The molecule has 4 heteroatoms. The first-order chi connectivity index (χ1) is 3.30. The van der Waals surface area contributed by atoms with Gasteiger partial charge in [0.05, 0.1) is 6.20 Å². The predicted molar refractivity (Wildman–Crippen MR) is 25.1 cm³/mol. The second kappa shape index (κ2) is 1.32. The van der Waals surface area contributed by atoms with Crippen molar-refractivity contribution in [2.24, 2.45) is 10.7 Å². The number of aliphatic imine (C=N–C) groups is 1. The summed E-state index contributed by atoms with van der Waals surface area (Å²) >= 11 is 0. The fourth-order valence-electron chi connectivity index (χ4n) is 0.334. The van der Waals surface area contributed by atoms with Crippen LogP contribution in [0.4, 0.5) is 0 Å². The van der Waals surface area contributed by atoms with Crippen LogP contribution in [0.2, 0.25) is 0 Å². The first-order valence-electron chi connectivity index (χ1n) is 1.85. The van der Waals surface area contributed by atoms with Crippen LogP contribution in [-0.4, -0.2) is 5.96 Å². The largest absolute Gasteiger partial charge is 0.621 e. The molecule has 0 spiro atoms. The maximum Gasteiger partial charge on any atom is 0.302 e. The molecule has 0 aromatic carbocycles. The maximum absolute atomic E-state index is 10.2. The van der Waals surface area contributed by atoms with Gasteiger partial charge < -0.3 is 10.9 Å². The Labute approximate surface area is 40.5 Å². The van der Waals surface area contributed by atoms with E-state index in [2.05, 4.69) is 4.99 Å². The van der Waals surface area contributed by atoms with Crippen molar-refractivity contribution in [3.63, 3.8) is 0 Å². The quantitative estimate of drug-likeness (QED) is 0.351. The third-order valence-corrected chi connectivity index (χ3v) is 0.692. The zero-order valence-electron chi connectivity index (χ0n) is 3.59. The van der Waals surface area contributed by atoms with Gasteiger partial charge in [-0.05, 0) is 0 Å². The molecule has 1 rings (SSSR count). The zero-order chi connectivity index (χ0) is 5.28. The fraction of sp³-hybridized carbons (Fsp3) is 0. The lowest BCUT2D eigenvalue weighted by Crippen LogP contribution is -3.06. The van der Waals surface area contributed by atoms with Gasteiger partial charge in [-0.3, -0.25) is 5.06 Å². The highest BCUT2D eigenvalue weighted by atomic mass is 16.5. The average Bonchev–Trinajstić information content (AvgIpc) is 1.91. The number of nitrogens with two attached hydrogens (primary N) is 1. The van der Waals surface area contributed by atoms with E-state index >= 15 is 0 Å². The van der Waals surface area contributed by atoms with Gasteiger partial charge in [0.15, 0.2) is 0 Å². The average molecular weight is 99.1 g/mol. The van der Waals surface area contributed by atoms with Crippen molar-refractivity contribution >= 4 is 5.96 Å². The van der Waals surface area contributed by atoms with Crippen LogP contribution < -0.4 is 10.8 Å². The second-order valence-electron chi connectivity index (χ2n) is 1.19. The van der Waals surface area contributed by atoms with Crippen LogP contribution >= 0.6 is 0 Å². The van der Waals surface area contributed by atoms with Crippen molar-refractivity contribution in [3.05, 3.63) is 17.6 Å². The molecule has 7 heavy (non-hydrogen) atoms. The molecule has 1 aliphatic heterocycles. The number of rotatable bonds is 0. The molecular formula is C3H5N3O. The second-order valence-corrected chi connectivity index (χ2v) is 1.19. The molecule has 0 fully saturated rings. The Morgan fingerprint density at radius 3 is 2.71 bits per heavy atom. The van der Waals surface area contributed by atoms with Gasteiger partial charge in [-0.15, -0.1) is 0 Å². The van der Waals surface area contributed by atoms with Gasteiger partial charge in [0, 0.05) is 0 Å². The smallest absolute Gasteiger partial charge is 0.302 e. The van der Waals surface area contributed by atoms with Crippen molar-refractivity contribution in [3.8, 4) is 0 Å². The predicted octanol–water partition coefficient (Wildman–Crippen LogP) is -1.83. The molecule has 0 aromatic heterocycles. The lowest BCUT2D eigenvalue weighted by Gasteiger charge is -2.08. The molecule has 0 aromatic rings. The number of hydroxylamine groups is 2. The first kappa shape index (κ1) is 4.29. The summed E-state index contributed by atoms with van der Waals surface area (Å²) in [5.41, 5.74) is 5.02. The van der Waals surface area contributed by atoms with Crippen molar-refractivity contribution < 1.29 is 5.06 Å². The summed E-state index contributed by atoms with van der Waals surface area (Å²) < 4.78 is 0. The van der Waals surface area contributed by atoms with E-state index in [9.17, 15) is 5.21 Å². The van der Waals surface area contributed by atoms with Crippen LogP contribution in [0.5, 0.6) is 0 Å². The Hall–Kier alpha value is -0.870.